The molecular weight excluding hydrogens is 361 g/mol. The van der Waals surface area contributed by atoms with Gasteiger partial charge in [-0.3, -0.25) is 9.59 Å². The molecule has 0 saturated heterocycles. The summed E-state index contributed by atoms with van der Waals surface area (Å²) in [5.74, 6) is -0.690. The fourth-order valence-electron chi connectivity index (χ4n) is 2.48. The van der Waals surface area contributed by atoms with E-state index in [4.69, 9.17) is 0 Å². The Labute approximate surface area is 150 Å². The number of fused-ring (bicyclic) bond motifs is 1. The Hall–Kier alpha value is -3.49. The summed E-state index contributed by atoms with van der Waals surface area (Å²) >= 11 is 0. The van der Waals surface area contributed by atoms with Gasteiger partial charge in [0.15, 0.2) is 5.69 Å². The van der Waals surface area contributed by atoms with Crippen molar-refractivity contribution in [1.29, 1.82) is 0 Å². The molecule has 2 aromatic carbocycles. The zero-order chi connectivity index (χ0) is 19.6. The minimum Gasteiger partial charge on any atom is -0.267 e. The van der Waals surface area contributed by atoms with E-state index in [9.17, 15) is 22.8 Å². The Balaban J connectivity index is 1.85. The second-order valence-electron chi connectivity index (χ2n) is 5.65. The predicted molar refractivity (Wildman–Crippen MR) is 93.5 cm³/mol. The molecule has 6 nitrogen and oxygen atoms in total. The van der Waals surface area contributed by atoms with Crippen molar-refractivity contribution < 1.29 is 18.0 Å². The largest absolute Gasteiger partial charge is 0.416 e. The highest BCUT2D eigenvalue weighted by Gasteiger charge is 2.30. The van der Waals surface area contributed by atoms with Crippen molar-refractivity contribution in [3.8, 4) is 0 Å². The molecule has 0 atom stereocenters. The number of hydrogen-bond donors (Lipinski definition) is 1. The Morgan fingerprint density at radius 1 is 1.15 bits per heavy atom. The Morgan fingerprint density at radius 3 is 2.56 bits per heavy atom. The van der Waals surface area contributed by atoms with Gasteiger partial charge in [0.05, 0.1) is 17.2 Å². The third kappa shape index (κ3) is 3.86. The molecule has 27 heavy (non-hydrogen) atoms. The summed E-state index contributed by atoms with van der Waals surface area (Å²) in [5, 5.41) is 8.30. The molecule has 0 saturated carbocycles. The van der Waals surface area contributed by atoms with Gasteiger partial charge in [0.25, 0.3) is 11.5 Å². The van der Waals surface area contributed by atoms with Crippen LogP contribution in [0.1, 0.15) is 21.6 Å². The van der Waals surface area contributed by atoms with Crippen molar-refractivity contribution in [1.82, 2.24) is 15.2 Å². The van der Waals surface area contributed by atoms with E-state index in [-0.39, 0.29) is 16.8 Å². The fourth-order valence-corrected chi connectivity index (χ4v) is 2.48. The smallest absolute Gasteiger partial charge is 0.267 e. The summed E-state index contributed by atoms with van der Waals surface area (Å²) in [6.07, 6.45) is -3.37. The lowest BCUT2D eigenvalue weighted by Gasteiger charge is -2.07. The number of carbonyl (C=O) groups excluding carboxylic acids is 1. The van der Waals surface area contributed by atoms with Gasteiger partial charge in [-0.15, -0.1) is 0 Å². The molecule has 0 bridgehead atoms. The molecular formula is C18H13F3N4O2. The van der Waals surface area contributed by atoms with E-state index in [2.05, 4.69) is 15.6 Å². The molecule has 1 aromatic heterocycles. The van der Waals surface area contributed by atoms with Crippen LogP contribution < -0.4 is 11.0 Å². The van der Waals surface area contributed by atoms with Crippen molar-refractivity contribution in [2.45, 2.75) is 6.18 Å². The molecule has 0 radical (unpaired) electrons. The van der Waals surface area contributed by atoms with Crippen LogP contribution in [0.15, 0.2) is 58.4 Å². The molecule has 0 aliphatic carbocycles. The number of nitrogens with one attached hydrogen (secondary N) is 1. The van der Waals surface area contributed by atoms with Gasteiger partial charge in [-0.25, -0.2) is 10.1 Å². The van der Waals surface area contributed by atoms with E-state index >= 15 is 0 Å². The monoisotopic (exact) mass is 374 g/mol. The highest BCUT2D eigenvalue weighted by molar-refractivity contribution is 6.04. The highest BCUT2D eigenvalue weighted by Crippen LogP contribution is 2.29. The number of aromatic nitrogens is 2. The molecule has 1 amide bonds. The molecule has 0 fully saturated rings. The molecule has 0 unspecified atom stereocenters. The average molecular weight is 374 g/mol. The summed E-state index contributed by atoms with van der Waals surface area (Å²) in [6, 6.07) is 11.0. The number of alkyl halides is 3. The lowest BCUT2D eigenvalue weighted by molar-refractivity contribution is -0.137. The van der Waals surface area contributed by atoms with Crippen molar-refractivity contribution in [3.63, 3.8) is 0 Å². The normalized spacial score (nSPS) is 11.9. The average Bonchev–Trinajstić information content (AvgIpc) is 2.64. The van der Waals surface area contributed by atoms with E-state index in [0.717, 1.165) is 23.0 Å². The summed E-state index contributed by atoms with van der Waals surface area (Å²) in [6.45, 7) is 0. The molecule has 1 N–H and O–H groups in total. The highest BCUT2D eigenvalue weighted by atomic mass is 19.4. The molecule has 0 aliphatic rings. The van der Waals surface area contributed by atoms with Gasteiger partial charge in [0.2, 0.25) is 0 Å². The molecule has 0 spiro atoms. The van der Waals surface area contributed by atoms with E-state index in [1.165, 1.54) is 19.2 Å². The van der Waals surface area contributed by atoms with Gasteiger partial charge >= 0.3 is 6.18 Å². The van der Waals surface area contributed by atoms with Crippen LogP contribution >= 0.6 is 0 Å². The quantitative estimate of drug-likeness (QED) is 0.566. The van der Waals surface area contributed by atoms with Gasteiger partial charge in [-0.1, -0.05) is 30.3 Å². The summed E-state index contributed by atoms with van der Waals surface area (Å²) in [5.41, 5.74) is 1.20. The van der Waals surface area contributed by atoms with Gasteiger partial charge in [0, 0.05) is 12.4 Å². The number of hydrogen-bond acceptors (Lipinski definition) is 4. The standard InChI is InChI=1S/C18H13F3N4O2/c1-25-17(27)14-8-3-2-7-13(14)15(24-25)16(26)23-22-10-11-5-4-6-12(9-11)18(19,20)21/h2-10H,1H3,(H,23,26)/b22-10+. The topological polar surface area (TPSA) is 76.3 Å². The summed E-state index contributed by atoms with van der Waals surface area (Å²) in [7, 11) is 1.41. The predicted octanol–water partition coefficient (Wildman–Crippen LogP) is 2.72. The van der Waals surface area contributed by atoms with Gasteiger partial charge in [-0.05, 0) is 23.8 Å². The summed E-state index contributed by atoms with van der Waals surface area (Å²) in [4.78, 5) is 24.4. The van der Waals surface area contributed by atoms with Gasteiger partial charge in [-0.2, -0.15) is 23.4 Å². The first kappa shape index (κ1) is 18.3. The number of halogens is 3. The van der Waals surface area contributed by atoms with Crippen molar-refractivity contribution in [3.05, 3.63) is 75.7 Å². The van der Waals surface area contributed by atoms with Crippen LogP contribution in [-0.4, -0.2) is 21.9 Å². The molecule has 9 heteroatoms. The fraction of sp³-hybridized carbons (Fsp3) is 0.111. The van der Waals surface area contributed by atoms with Crippen LogP contribution in [-0.2, 0) is 13.2 Å². The van der Waals surface area contributed by atoms with E-state index in [0.29, 0.717) is 10.8 Å². The molecule has 3 aromatic rings. The number of hydrazone groups is 1. The number of nitrogens with zero attached hydrogens (tertiary/aromatic N) is 3. The number of rotatable bonds is 3. The first-order valence-corrected chi connectivity index (χ1v) is 7.74. The van der Waals surface area contributed by atoms with Crippen LogP contribution in [0.25, 0.3) is 10.8 Å². The number of amides is 1. The third-order valence-corrected chi connectivity index (χ3v) is 3.77. The first-order valence-electron chi connectivity index (χ1n) is 7.74. The van der Waals surface area contributed by atoms with E-state index in [1.54, 1.807) is 24.3 Å². The maximum Gasteiger partial charge on any atom is 0.416 e. The Morgan fingerprint density at radius 2 is 1.85 bits per heavy atom. The van der Waals surface area contributed by atoms with Gasteiger partial charge in [0.1, 0.15) is 0 Å². The van der Waals surface area contributed by atoms with Crippen LogP contribution in [0, 0.1) is 0 Å². The van der Waals surface area contributed by atoms with Crippen LogP contribution in [0.5, 0.6) is 0 Å². The third-order valence-electron chi connectivity index (χ3n) is 3.77. The zero-order valence-electron chi connectivity index (χ0n) is 14.0. The Bertz CT molecular complexity index is 1100. The lowest BCUT2D eigenvalue weighted by Crippen LogP contribution is -2.27. The van der Waals surface area contributed by atoms with Crippen molar-refractivity contribution in [2.75, 3.05) is 0 Å². The second kappa shape index (κ2) is 7.02. The van der Waals surface area contributed by atoms with Crippen molar-refractivity contribution >= 4 is 22.9 Å². The minimum atomic E-state index is -4.47. The maximum absolute atomic E-state index is 12.7. The van der Waals surface area contributed by atoms with E-state index in [1.807, 2.05) is 0 Å². The number of benzene rings is 2. The Kier molecular flexibility index (Phi) is 4.76. The number of carbonyl (C=O) groups is 1. The SMILES string of the molecule is Cn1nc(C(=O)N/N=C/c2cccc(C(F)(F)F)c2)c2ccccc2c1=O. The van der Waals surface area contributed by atoms with Crippen LogP contribution in [0.3, 0.4) is 0 Å². The van der Waals surface area contributed by atoms with Gasteiger partial charge < -0.3 is 0 Å². The molecule has 3 rings (SSSR count). The second-order valence-corrected chi connectivity index (χ2v) is 5.65. The molecule has 0 aliphatic heterocycles. The first-order chi connectivity index (χ1) is 12.8. The maximum atomic E-state index is 12.7. The minimum absolute atomic E-state index is 0.0195. The van der Waals surface area contributed by atoms with Crippen LogP contribution in [0.4, 0.5) is 13.2 Å². The molecule has 138 valence electrons. The van der Waals surface area contributed by atoms with Crippen LogP contribution in [0.2, 0.25) is 0 Å². The lowest BCUT2D eigenvalue weighted by atomic mass is 10.1. The van der Waals surface area contributed by atoms with Crippen molar-refractivity contribution in [2.24, 2.45) is 12.1 Å². The van der Waals surface area contributed by atoms with E-state index < -0.39 is 17.6 Å². The number of aryl methyl sites for hydroxylation is 1. The molecule has 1 heterocycles. The summed E-state index contributed by atoms with van der Waals surface area (Å²) < 4.78 is 39.2. The zero-order valence-corrected chi connectivity index (χ0v) is 14.0.